The summed E-state index contributed by atoms with van der Waals surface area (Å²) in [6.07, 6.45) is 2.08. The first-order chi connectivity index (χ1) is 9.19. The first-order valence-electron chi connectivity index (χ1n) is 5.88. The Balaban J connectivity index is 2.03. The number of likely N-dealkylation sites (N-methyl/N-ethyl adjacent to an activating group) is 1. The van der Waals surface area contributed by atoms with Gasteiger partial charge in [0.05, 0.1) is 12.1 Å². The van der Waals surface area contributed by atoms with Gasteiger partial charge in [-0.05, 0) is 23.8 Å². The molecule has 2 aromatic rings. The van der Waals surface area contributed by atoms with Crippen LogP contribution in [-0.2, 0) is 11.2 Å². The number of nitrogens with one attached hydrogen (secondary N) is 1. The smallest absolute Gasteiger partial charge is 0.237 e. The average Bonchev–Trinajstić information content (AvgIpc) is 2.73. The highest BCUT2D eigenvalue weighted by Crippen LogP contribution is 2.31. The lowest BCUT2D eigenvalue weighted by molar-refractivity contribution is -0.117. The molecule has 0 spiro atoms. The van der Waals surface area contributed by atoms with Crippen LogP contribution in [0.1, 0.15) is 5.56 Å². The van der Waals surface area contributed by atoms with Gasteiger partial charge >= 0.3 is 0 Å². The molecule has 1 amide bonds. The van der Waals surface area contributed by atoms with Gasteiger partial charge in [-0.1, -0.05) is 6.07 Å². The minimum absolute atomic E-state index is 0.110. The largest absolute Gasteiger partial charge is 0.315 e. The van der Waals surface area contributed by atoms with E-state index in [9.17, 15) is 4.79 Å². The number of carbonyl (C=O) groups is 1. The number of anilines is 2. The Labute approximate surface area is 110 Å². The molecule has 0 saturated heterocycles. The van der Waals surface area contributed by atoms with Crippen LogP contribution in [0.4, 0.5) is 11.6 Å². The molecule has 1 aliphatic heterocycles. The predicted octanol–water partition coefficient (Wildman–Crippen LogP) is 0.948. The number of hydrogen-bond donors (Lipinski definition) is 2. The maximum atomic E-state index is 11.7. The maximum Gasteiger partial charge on any atom is 0.237 e. The molecule has 1 aromatic carbocycles. The van der Waals surface area contributed by atoms with Crippen molar-refractivity contribution in [2.45, 2.75) is 6.42 Å². The van der Waals surface area contributed by atoms with Crippen molar-refractivity contribution in [2.75, 3.05) is 17.4 Å². The van der Waals surface area contributed by atoms with E-state index in [0.717, 1.165) is 22.5 Å². The SMILES string of the molecule is CN1C(=O)Cc2cc(-c3ccnc(NN)n3)ccc21. The highest BCUT2D eigenvalue weighted by atomic mass is 16.2. The minimum atomic E-state index is 0.110. The Hall–Kier alpha value is -2.47. The predicted molar refractivity (Wildman–Crippen MR) is 72.4 cm³/mol. The van der Waals surface area contributed by atoms with Gasteiger partial charge in [0.25, 0.3) is 0 Å². The summed E-state index contributed by atoms with van der Waals surface area (Å²) in [4.78, 5) is 21.6. The highest BCUT2D eigenvalue weighted by molar-refractivity contribution is 6.01. The van der Waals surface area contributed by atoms with E-state index in [0.29, 0.717) is 12.4 Å². The third-order valence-corrected chi connectivity index (χ3v) is 3.24. The second-order valence-corrected chi connectivity index (χ2v) is 4.38. The van der Waals surface area contributed by atoms with Gasteiger partial charge < -0.3 is 4.90 Å². The summed E-state index contributed by atoms with van der Waals surface area (Å²) in [6, 6.07) is 7.67. The number of fused-ring (bicyclic) bond motifs is 1. The maximum absolute atomic E-state index is 11.7. The number of nitrogen functional groups attached to an aromatic ring is 1. The van der Waals surface area contributed by atoms with Crippen LogP contribution in [0, 0.1) is 0 Å². The van der Waals surface area contributed by atoms with Gasteiger partial charge in [0.1, 0.15) is 0 Å². The summed E-state index contributed by atoms with van der Waals surface area (Å²) in [7, 11) is 1.79. The van der Waals surface area contributed by atoms with E-state index < -0.39 is 0 Å². The van der Waals surface area contributed by atoms with E-state index in [-0.39, 0.29) is 5.91 Å². The fourth-order valence-electron chi connectivity index (χ4n) is 2.22. The van der Waals surface area contributed by atoms with Crippen LogP contribution in [-0.4, -0.2) is 22.9 Å². The van der Waals surface area contributed by atoms with Crippen molar-refractivity contribution in [3.05, 3.63) is 36.0 Å². The molecule has 2 heterocycles. The van der Waals surface area contributed by atoms with Crippen LogP contribution in [0.3, 0.4) is 0 Å². The summed E-state index contributed by atoms with van der Waals surface area (Å²) >= 11 is 0. The molecule has 0 atom stereocenters. The zero-order chi connectivity index (χ0) is 13.4. The van der Waals surface area contributed by atoms with E-state index in [2.05, 4.69) is 15.4 Å². The highest BCUT2D eigenvalue weighted by Gasteiger charge is 2.24. The number of nitrogens with zero attached hydrogens (tertiary/aromatic N) is 3. The lowest BCUT2D eigenvalue weighted by atomic mass is 10.1. The number of aromatic nitrogens is 2. The van der Waals surface area contributed by atoms with Gasteiger partial charge in [-0.15, -0.1) is 0 Å². The molecule has 19 heavy (non-hydrogen) atoms. The van der Waals surface area contributed by atoms with Gasteiger partial charge in [0.15, 0.2) is 0 Å². The van der Waals surface area contributed by atoms with E-state index >= 15 is 0 Å². The summed E-state index contributed by atoms with van der Waals surface area (Å²) < 4.78 is 0. The van der Waals surface area contributed by atoms with Crippen LogP contribution >= 0.6 is 0 Å². The average molecular weight is 255 g/mol. The van der Waals surface area contributed by atoms with Crippen molar-refractivity contribution in [3.8, 4) is 11.3 Å². The van der Waals surface area contributed by atoms with E-state index in [4.69, 9.17) is 5.84 Å². The molecule has 0 saturated carbocycles. The number of carbonyl (C=O) groups excluding carboxylic acids is 1. The third-order valence-electron chi connectivity index (χ3n) is 3.24. The number of hydrogen-bond acceptors (Lipinski definition) is 5. The van der Waals surface area contributed by atoms with Gasteiger partial charge in [-0.3, -0.25) is 10.2 Å². The number of nitrogens with two attached hydrogens (primary N) is 1. The number of hydrazine groups is 1. The van der Waals surface area contributed by atoms with Gasteiger partial charge in [-0.25, -0.2) is 15.8 Å². The van der Waals surface area contributed by atoms with Gasteiger partial charge in [-0.2, -0.15) is 0 Å². The summed E-state index contributed by atoms with van der Waals surface area (Å²) in [5.74, 6) is 5.77. The third kappa shape index (κ3) is 1.92. The van der Waals surface area contributed by atoms with E-state index in [1.807, 2.05) is 24.3 Å². The molecule has 0 fully saturated rings. The second kappa shape index (κ2) is 4.33. The zero-order valence-electron chi connectivity index (χ0n) is 10.4. The Morgan fingerprint density at radius 2 is 2.21 bits per heavy atom. The molecule has 6 nitrogen and oxygen atoms in total. The number of benzene rings is 1. The second-order valence-electron chi connectivity index (χ2n) is 4.38. The Morgan fingerprint density at radius 1 is 1.37 bits per heavy atom. The molecule has 0 radical (unpaired) electrons. The molecule has 3 rings (SSSR count). The summed E-state index contributed by atoms with van der Waals surface area (Å²) in [5, 5.41) is 0. The fraction of sp³-hybridized carbons (Fsp3) is 0.154. The molecule has 3 N–H and O–H groups in total. The fourth-order valence-corrected chi connectivity index (χ4v) is 2.22. The van der Waals surface area contributed by atoms with E-state index in [1.165, 1.54) is 0 Å². The Morgan fingerprint density at radius 3 is 3.00 bits per heavy atom. The van der Waals surface area contributed by atoms with Crippen LogP contribution in [0.2, 0.25) is 0 Å². The van der Waals surface area contributed by atoms with Gasteiger partial charge in [0.2, 0.25) is 11.9 Å². The lowest BCUT2D eigenvalue weighted by Crippen LogP contribution is -2.20. The molecule has 6 heteroatoms. The first kappa shape index (κ1) is 11.6. The molecule has 0 unspecified atom stereocenters. The lowest BCUT2D eigenvalue weighted by Gasteiger charge is -2.10. The minimum Gasteiger partial charge on any atom is -0.315 e. The summed E-state index contributed by atoms with van der Waals surface area (Å²) in [5.41, 5.74) is 6.11. The monoisotopic (exact) mass is 255 g/mol. The quantitative estimate of drug-likeness (QED) is 0.616. The van der Waals surface area contributed by atoms with Crippen LogP contribution in [0.15, 0.2) is 30.5 Å². The van der Waals surface area contributed by atoms with Crippen molar-refractivity contribution < 1.29 is 4.79 Å². The van der Waals surface area contributed by atoms with Crippen molar-refractivity contribution in [2.24, 2.45) is 5.84 Å². The van der Waals surface area contributed by atoms with Crippen molar-refractivity contribution >= 4 is 17.5 Å². The Kier molecular flexibility index (Phi) is 2.64. The molecule has 1 aliphatic rings. The van der Waals surface area contributed by atoms with Crippen molar-refractivity contribution in [1.29, 1.82) is 0 Å². The van der Waals surface area contributed by atoms with Crippen molar-refractivity contribution in [3.63, 3.8) is 0 Å². The molecule has 1 aromatic heterocycles. The molecular weight excluding hydrogens is 242 g/mol. The number of amides is 1. The molecule has 0 aliphatic carbocycles. The number of rotatable bonds is 2. The topological polar surface area (TPSA) is 84.1 Å². The molecule has 96 valence electrons. The normalized spacial score (nSPS) is 13.6. The first-order valence-corrected chi connectivity index (χ1v) is 5.88. The molecular formula is C13H13N5O. The van der Waals surface area contributed by atoms with Crippen LogP contribution in [0.25, 0.3) is 11.3 Å². The Bertz CT molecular complexity index is 655. The standard InChI is InChI=1S/C13H13N5O/c1-18-11-3-2-8(6-9(11)7-12(18)19)10-4-5-15-13(16-10)17-14/h2-6H,7,14H2,1H3,(H,15,16,17). The van der Waals surface area contributed by atoms with Gasteiger partial charge in [0, 0.05) is 24.5 Å². The van der Waals surface area contributed by atoms with Crippen LogP contribution < -0.4 is 16.2 Å². The van der Waals surface area contributed by atoms with Crippen molar-refractivity contribution in [1.82, 2.24) is 9.97 Å². The zero-order valence-corrected chi connectivity index (χ0v) is 10.4. The molecule has 0 bridgehead atoms. The van der Waals surface area contributed by atoms with E-state index in [1.54, 1.807) is 18.1 Å². The van der Waals surface area contributed by atoms with Crippen LogP contribution in [0.5, 0.6) is 0 Å². The summed E-state index contributed by atoms with van der Waals surface area (Å²) in [6.45, 7) is 0.